The minimum atomic E-state index is 0.194. The Balaban J connectivity index is 1.49. The number of carbonyl (C=O) groups is 1. The van der Waals surface area contributed by atoms with Crippen LogP contribution in [0.25, 0.3) is 0 Å². The van der Waals surface area contributed by atoms with Crippen LogP contribution >= 0.6 is 11.6 Å². The normalized spacial score (nSPS) is 14.8. The maximum Gasteiger partial charge on any atom is 0.223 e. The van der Waals surface area contributed by atoms with Gasteiger partial charge >= 0.3 is 0 Å². The van der Waals surface area contributed by atoms with Gasteiger partial charge in [-0.25, -0.2) is 9.97 Å². The Morgan fingerprint density at radius 2 is 1.87 bits per heavy atom. The first kappa shape index (κ1) is 15.7. The number of amides is 1. The molecule has 5 nitrogen and oxygen atoms in total. The highest BCUT2D eigenvalue weighted by molar-refractivity contribution is 6.30. The predicted octanol–water partition coefficient (Wildman–Crippen LogP) is 2.41. The number of nitrogens with zero attached hydrogens (tertiary/aromatic N) is 4. The number of rotatable bonds is 4. The monoisotopic (exact) mass is 330 g/mol. The molecule has 120 valence electrons. The standard InChI is InChI=1S/C17H19ClN4O/c18-15-2-1-3-16(10-15)21-6-8-22(9-7-21)17(23)5-4-14-11-19-13-20-12-14/h1-3,10-13H,4-9H2. The minimum Gasteiger partial charge on any atom is -0.368 e. The number of carbonyl (C=O) groups excluding carboxylic acids is 1. The summed E-state index contributed by atoms with van der Waals surface area (Å²) >= 11 is 6.04. The molecule has 2 aromatic rings. The first-order valence-electron chi connectivity index (χ1n) is 7.74. The Morgan fingerprint density at radius 3 is 2.57 bits per heavy atom. The molecule has 0 bridgehead atoms. The van der Waals surface area contributed by atoms with Gasteiger partial charge in [0.15, 0.2) is 0 Å². The quantitative estimate of drug-likeness (QED) is 0.864. The number of aromatic nitrogens is 2. The van der Waals surface area contributed by atoms with Crippen molar-refractivity contribution in [2.24, 2.45) is 0 Å². The maximum atomic E-state index is 12.3. The van der Waals surface area contributed by atoms with Crippen molar-refractivity contribution in [1.29, 1.82) is 0 Å². The first-order chi connectivity index (χ1) is 11.2. The molecule has 23 heavy (non-hydrogen) atoms. The van der Waals surface area contributed by atoms with Gasteiger partial charge in [0.1, 0.15) is 6.33 Å². The molecule has 1 amide bonds. The van der Waals surface area contributed by atoms with E-state index in [2.05, 4.69) is 20.9 Å². The van der Waals surface area contributed by atoms with Crippen molar-refractivity contribution in [3.05, 3.63) is 53.6 Å². The van der Waals surface area contributed by atoms with Crippen LogP contribution in [0.4, 0.5) is 5.69 Å². The molecule has 0 aliphatic carbocycles. The molecule has 1 aliphatic rings. The highest BCUT2D eigenvalue weighted by Gasteiger charge is 2.21. The zero-order valence-electron chi connectivity index (χ0n) is 12.9. The summed E-state index contributed by atoms with van der Waals surface area (Å²) in [4.78, 5) is 24.5. The van der Waals surface area contributed by atoms with Crippen molar-refractivity contribution >= 4 is 23.2 Å². The van der Waals surface area contributed by atoms with Gasteiger partial charge in [-0.15, -0.1) is 0 Å². The Labute approximate surface area is 140 Å². The average Bonchev–Trinajstić information content (AvgIpc) is 2.61. The van der Waals surface area contributed by atoms with E-state index in [1.165, 1.54) is 6.33 Å². The van der Waals surface area contributed by atoms with E-state index >= 15 is 0 Å². The van der Waals surface area contributed by atoms with Crippen LogP contribution in [0.5, 0.6) is 0 Å². The summed E-state index contributed by atoms with van der Waals surface area (Å²) in [5.41, 5.74) is 2.12. The van der Waals surface area contributed by atoms with E-state index in [9.17, 15) is 4.79 Å². The van der Waals surface area contributed by atoms with Crippen LogP contribution in [-0.4, -0.2) is 47.0 Å². The van der Waals surface area contributed by atoms with Crippen molar-refractivity contribution in [2.75, 3.05) is 31.1 Å². The molecular weight excluding hydrogens is 312 g/mol. The Bertz CT molecular complexity index is 657. The van der Waals surface area contributed by atoms with E-state index in [1.807, 2.05) is 23.1 Å². The van der Waals surface area contributed by atoms with E-state index in [1.54, 1.807) is 12.4 Å². The number of anilines is 1. The fourth-order valence-electron chi connectivity index (χ4n) is 2.76. The van der Waals surface area contributed by atoms with E-state index in [-0.39, 0.29) is 5.91 Å². The van der Waals surface area contributed by atoms with Gasteiger partial charge in [-0.05, 0) is 30.2 Å². The lowest BCUT2D eigenvalue weighted by molar-refractivity contribution is -0.131. The molecule has 0 saturated carbocycles. The molecule has 1 aromatic heterocycles. The predicted molar refractivity (Wildman–Crippen MR) is 90.6 cm³/mol. The van der Waals surface area contributed by atoms with Gasteiger partial charge in [-0.1, -0.05) is 17.7 Å². The maximum absolute atomic E-state index is 12.3. The molecule has 3 rings (SSSR count). The van der Waals surface area contributed by atoms with Crippen LogP contribution in [0.2, 0.25) is 5.02 Å². The molecule has 0 spiro atoms. The number of aryl methyl sites for hydroxylation is 1. The fourth-order valence-corrected chi connectivity index (χ4v) is 2.94. The van der Waals surface area contributed by atoms with Crippen LogP contribution < -0.4 is 4.90 Å². The van der Waals surface area contributed by atoms with E-state index in [0.717, 1.165) is 42.5 Å². The van der Waals surface area contributed by atoms with Gasteiger partial charge in [0, 0.05) is 55.7 Å². The van der Waals surface area contributed by atoms with Gasteiger partial charge in [-0.3, -0.25) is 4.79 Å². The summed E-state index contributed by atoms with van der Waals surface area (Å²) in [5.74, 6) is 0.194. The zero-order chi connectivity index (χ0) is 16.1. The van der Waals surface area contributed by atoms with E-state index in [4.69, 9.17) is 11.6 Å². The zero-order valence-corrected chi connectivity index (χ0v) is 13.6. The molecular formula is C17H19ClN4O. The number of hydrogen-bond donors (Lipinski definition) is 0. The third-order valence-electron chi connectivity index (χ3n) is 4.05. The second-order valence-electron chi connectivity index (χ2n) is 5.59. The summed E-state index contributed by atoms with van der Waals surface area (Å²) in [6.07, 6.45) is 6.22. The van der Waals surface area contributed by atoms with Crippen molar-refractivity contribution < 1.29 is 4.79 Å². The summed E-state index contributed by atoms with van der Waals surface area (Å²) in [5, 5.41) is 0.742. The van der Waals surface area contributed by atoms with Crippen LogP contribution in [0.3, 0.4) is 0 Å². The molecule has 0 unspecified atom stereocenters. The fraction of sp³-hybridized carbons (Fsp3) is 0.353. The van der Waals surface area contributed by atoms with Gasteiger partial charge in [0.25, 0.3) is 0 Å². The van der Waals surface area contributed by atoms with Crippen molar-refractivity contribution in [3.63, 3.8) is 0 Å². The molecule has 0 radical (unpaired) electrons. The third kappa shape index (κ3) is 4.20. The van der Waals surface area contributed by atoms with Gasteiger partial charge in [0.05, 0.1) is 0 Å². The lowest BCUT2D eigenvalue weighted by Crippen LogP contribution is -2.48. The lowest BCUT2D eigenvalue weighted by Gasteiger charge is -2.36. The van der Waals surface area contributed by atoms with E-state index in [0.29, 0.717) is 12.8 Å². The second-order valence-corrected chi connectivity index (χ2v) is 6.03. The highest BCUT2D eigenvalue weighted by Crippen LogP contribution is 2.21. The topological polar surface area (TPSA) is 49.3 Å². The number of piperazine rings is 1. The van der Waals surface area contributed by atoms with Gasteiger partial charge in [-0.2, -0.15) is 0 Å². The summed E-state index contributed by atoms with van der Waals surface area (Å²) < 4.78 is 0. The molecule has 6 heteroatoms. The molecule has 1 saturated heterocycles. The van der Waals surface area contributed by atoms with Gasteiger partial charge < -0.3 is 9.80 Å². The molecule has 1 fully saturated rings. The number of benzene rings is 1. The summed E-state index contributed by atoms with van der Waals surface area (Å²) in [6, 6.07) is 7.85. The second kappa shape index (κ2) is 7.42. The van der Waals surface area contributed by atoms with Crippen molar-refractivity contribution in [3.8, 4) is 0 Å². The Hall–Kier alpha value is -2.14. The van der Waals surface area contributed by atoms with Crippen LogP contribution in [0.15, 0.2) is 43.0 Å². The highest BCUT2D eigenvalue weighted by atomic mass is 35.5. The smallest absolute Gasteiger partial charge is 0.223 e. The summed E-state index contributed by atoms with van der Waals surface area (Å²) in [7, 11) is 0. The SMILES string of the molecule is O=C(CCc1cncnc1)N1CCN(c2cccc(Cl)c2)CC1. The largest absolute Gasteiger partial charge is 0.368 e. The number of hydrogen-bond acceptors (Lipinski definition) is 4. The Morgan fingerprint density at radius 1 is 1.13 bits per heavy atom. The van der Waals surface area contributed by atoms with Crippen LogP contribution in [-0.2, 0) is 11.2 Å². The van der Waals surface area contributed by atoms with Crippen molar-refractivity contribution in [2.45, 2.75) is 12.8 Å². The number of halogens is 1. The molecule has 1 aliphatic heterocycles. The van der Waals surface area contributed by atoms with Crippen LogP contribution in [0, 0.1) is 0 Å². The Kier molecular flexibility index (Phi) is 5.08. The molecule has 0 N–H and O–H groups in total. The van der Waals surface area contributed by atoms with Crippen LogP contribution in [0.1, 0.15) is 12.0 Å². The van der Waals surface area contributed by atoms with E-state index < -0.39 is 0 Å². The van der Waals surface area contributed by atoms with Crippen molar-refractivity contribution in [1.82, 2.24) is 14.9 Å². The summed E-state index contributed by atoms with van der Waals surface area (Å²) in [6.45, 7) is 3.16. The lowest BCUT2D eigenvalue weighted by atomic mass is 10.1. The average molecular weight is 331 g/mol. The first-order valence-corrected chi connectivity index (χ1v) is 8.12. The third-order valence-corrected chi connectivity index (χ3v) is 4.28. The molecule has 2 heterocycles. The van der Waals surface area contributed by atoms with Gasteiger partial charge in [0.2, 0.25) is 5.91 Å². The minimum absolute atomic E-state index is 0.194. The molecule has 0 atom stereocenters. The molecule has 1 aromatic carbocycles.